The van der Waals surface area contributed by atoms with Crippen molar-refractivity contribution in [1.29, 1.82) is 0 Å². The number of rotatable bonds is 4. The molecule has 7 heteroatoms. The molecule has 0 aliphatic carbocycles. The van der Waals surface area contributed by atoms with Crippen LogP contribution >= 0.6 is 11.3 Å². The van der Waals surface area contributed by atoms with Crippen molar-refractivity contribution in [2.24, 2.45) is 0 Å². The highest BCUT2D eigenvalue weighted by molar-refractivity contribution is 7.14. The smallest absolute Gasteiger partial charge is 0.188 e. The number of thiazole rings is 1. The third-order valence-corrected chi connectivity index (χ3v) is 4.92. The highest BCUT2D eigenvalue weighted by Gasteiger charge is 2.12. The minimum absolute atomic E-state index is 0.691. The Morgan fingerprint density at radius 1 is 0.889 bits per heavy atom. The second kappa shape index (κ2) is 6.62. The van der Waals surface area contributed by atoms with Gasteiger partial charge in [-0.1, -0.05) is 48.5 Å². The lowest BCUT2D eigenvalue weighted by Crippen LogP contribution is -1.99. The molecular weight excluding hydrogens is 356 g/mol. The van der Waals surface area contributed by atoms with Crippen molar-refractivity contribution in [3.05, 3.63) is 78.6 Å². The predicted octanol–water partition coefficient (Wildman–Crippen LogP) is 4.68. The fraction of sp³-hybridized carbons (Fsp3) is 0. The second-order valence-corrected chi connectivity index (χ2v) is 6.74. The van der Waals surface area contributed by atoms with Crippen LogP contribution in [0.1, 0.15) is 0 Å². The maximum atomic E-state index is 4.67. The zero-order valence-electron chi connectivity index (χ0n) is 14.1. The molecule has 6 nitrogen and oxygen atoms in total. The summed E-state index contributed by atoms with van der Waals surface area (Å²) >= 11 is 1.54. The van der Waals surface area contributed by atoms with E-state index in [1.165, 1.54) is 6.33 Å². The Morgan fingerprint density at radius 3 is 2.48 bits per heavy atom. The normalized spacial score (nSPS) is 11.0. The molecule has 0 bridgehead atoms. The standard InChI is InChI=1S/C20H14N6S/c1-3-7-14(8-4-1)17-12-27-20(24-17)25-18-16-11-23-26(19(16)22-13-21-18)15-9-5-2-6-10-15/h1-13H,(H,21,22,24,25). The van der Waals surface area contributed by atoms with Crippen LogP contribution in [0.5, 0.6) is 0 Å². The van der Waals surface area contributed by atoms with E-state index in [1.54, 1.807) is 22.2 Å². The van der Waals surface area contributed by atoms with E-state index in [0.29, 0.717) is 5.82 Å². The highest BCUT2D eigenvalue weighted by Crippen LogP contribution is 2.29. The molecule has 2 aromatic carbocycles. The van der Waals surface area contributed by atoms with Gasteiger partial charge in [0, 0.05) is 10.9 Å². The molecule has 1 N–H and O–H groups in total. The summed E-state index contributed by atoms with van der Waals surface area (Å²) in [4.78, 5) is 13.5. The van der Waals surface area contributed by atoms with Crippen molar-refractivity contribution in [3.63, 3.8) is 0 Å². The third kappa shape index (κ3) is 2.94. The van der Waals surface area contributed by atoms with Crippen LogP contribution in [0, 0.1) is 0 Å². The fourth-order valence-corrected chi connectivity index (χ4v) is 3.59. The number of anilines is 2. The van der Waals surface area contributed by atoms with Gasteiger partial charge in [-0.3, -0.25) is 0 Å². The summed E-state index contributed by atoms with van der Waals surface area (Å²) in [6, 6.07) is 20.0. The highest BCUT2D eigenvalue weighted by atomic mass is 32.1. The minimum atomic E-state index is 0.691. The zero-order chi connectivity index (χ0) is 18.1. The molecule has 5 aromatic rings. The van der Waals surface area contributed by atoms with Gasteiger partial charge >= 0.3 is 0 Å². The molecule has 27 heavy (non-hydrogen) atoms. The van der Waals surface area contributed by atoms with E-state index in [9.17, 15) is 0 Å². The second-order valence-electron chi connectivity index (χ2n) is 5.88. The number of aromatic nitrogens is 5. The monoisotopic (exact) mass is 370 g/mol. The van der Waals surface area contributed by atoms with E-state index in [0.717, 1.165) is 33.1 Å². The Hall–Kier alpha value is -3.58. The Bertz CT molecular complexity index is 1200. The molecule has 3 heterocycles. The van der Waals surface area contributed by atoms with Crippen molar-refractivity contribution >= 4 is 33.3 Å². The first-order valence-corrected chi connectivity index (χ1v) is 9.28. The molecular formula is C20H14N6S. The average molecular weight is 370 g/mol. The summed E-state index contributed by atoms with van der Waals surface area (Å²) in [5.41, 5.74) is 3.73. The SMILES string of the molecule is c1ccc(-c2csc(Nc3ncnc4c3cnn4-c3ccccc3)n2)cc1. The topological polar surface area (TPSA) is 68.5 Å². The van der Waals surface area contributed by atoms with Gasteiger partial charge in [-0.25, -0.2) is 19.6 Å². The summed E-state index contributed by atoms with van der Waals surface area (Å²) < 4.78 is 1.81. The number of fused-ring (bicyclic) bond motifs is 1. The lowest BCUT2D eigenvalue weighted by Gasteiger charge is -2.04. The van der Waals surface area contributed by atoms with E-state index in [4.69, 9.17) is 0 Å². The van der Waals surface area contributed by atoms with E-state index >= 15 is 0 Å². The molecule has 0 amide bonds. The van der Waals surface area contributed by atoms with Gasteiger partial charge in [0.2, 0.25) is 0 Å². The quantitative estimate of drug-likeness (QED) is 0.497. The number of nitrogens with zero attached hydrogens (tertiary/aromatic N) is 5. The van der Waals surface area contributed by atoms with E-state index in [1.807, 2.05) is 66.0 Å². The first kappa shape index (κ1) is 15.7. The van der Waals surface area contributed by atoms with Gasteiger partial charge in [-0.2, -0.15) is 5.10 Å². The van der Waals surface area contributed by atoms with E-state index < -0.39 is 0 Å². The molecule has 3 aromatic heterocycles. The van der Waals surface area contributed by atoms with Crippen molar-refractivity contribution in [2.45, 2.75) is 0 Å². The van der Waals surface area contributed by atoms with Crippen LogP contribution in [-0.2, 0) is 0 Å². The van der Waals surface area contributed by atoms with Crippen molar-refractivity contribution in [3.8, 4) is 16.9 Å². The molecule has 5 rings (SSSR count). The Labute approximate surface area is 159 Å². The summed E-state index contributed by atoms with van der Waals surface area (Å²) in [5.74, 6) is 0.691. The van der Waals surface area contributed by atoms with E-state index in [-0.39, 0.29) is 0 Å². The van der Waals surface area contributed by atoms with Crippen LogP contribution in [0.4, 0.5) is 10.9 Å². The Kier molecular flexibility index (Phi) is 3.84. The van der Waals surface area contributed by atoms with Crippen LogP contribution in [0.3, 0.4) is 0 Å². The lowest BCUT2D eigenvalue weighted by molar-refractivity contribution is 0.895. The van der Waals surface area contributed by atoms with Gasteiger partial charge in [-0.15, -0.1) is 11.3 Å². The number of hydrogen-bond donors (Lipinski definition) is 1. The van der Waals surface area contributed by atoms with Crippen LogP contribution in [0.15, 0.2) is 78.6 Å². The van der Waals surface area contributed by atoms with Crippen molar-refractivity contribution < 1.29 is 0 Å². The number of hydrogen-bond acceptors (Lipinski definition) is 6. The molecule has 0 spiro atoms. The largest absolute Gasteiger partial charge is 0.315 e. The number of nitrogens with one attached hydrogen (secondary N) is 1. The molecule has 0 fully saturated rings. The minimum Gasteiger partial charge on any atom is -0.315 e. The van der Waals surface area contributed by atoms with Crippen LogP contribution in [0.2, 0.25) is 0 Å². The first-order chi connectivity index (χ1) is 13.4. The summed E-state index contributed by atoms with van der Waals surface area (Å²) in [6.45, 7) is 0. The zero-order valence-corrected chi connectivity index (χ0v) is 15.0. The maximum Gasteiger partial charge on any atom is 0.188 e. The summed E-state index contributed by atoms with van der Waals surface area (Å²) in [7, 11) is 0. The molecule has 0 saturated carbocycles. The summed E-state index contributed by atoms with van der Waals surface area (Å²) in [5, 5.41) is 11.4. The Balaban J connectivity index is 1.50. The van der Waals surface area contributed by atoms with Crippen molar-refractivity contribution in [1.82, 2.24) is 24.7 Å². The van der Waals surface area contributed by atoms with Crippen LogP contribution in [-0.4, -0.2) is 24.7 Å². The maximum absolute atomic E-state index is 4.67. The van der Waals surface area contributed by atoms with Gasteiger partial charge < -0.3 is 5.32 Å². The van der Waals surface area contributed by atoms with Crippen molar-refractivity contribution in [2.75, 3.05) is 5.32 Å². The third-order valence-electron chi connectivity index (χ3n) is 4.17. The number of para-hydroxylation sites is 1. The Morgan fingerprint density at radius 2 is 1.67 bits per heavy atom. The molecule has 130 valence electrons. The first-order valence-electron chi connectivity index (χ1n) is 8.40. The average Bonchev–Trinajstić information content (AvgIpc) is 3.37. The molecule has 0 radical (unpaired) electrons. The molecule has 0 unspecified atom stereocenters. The number of benzene rings is 2. The van der Waals surface area contributed by atoms with Gasteiger partial charge in [0.1, 0.15) is 12.1 Å². The van der Waals surface area contributed by atoms with E-state index in [2.05, 4.69) is 25.4 Å². The molecule has 0 aliphatic rings. The van der Waals surface area contributed by atoms with Crippen LogP contribution in [0.25, 0.3) is 28.0 Å². The van der Waals surface area contributed by atoms with Gasteiger partial charge in [0.25, 0.3) is 0 Å². The predicted molar refractivity (Wildman–Crippen MR) is 107 cm³/mol. The van der Waals surface area contributed by atoms with Gasteiger partial charge in [0.15, 0.2) is 10.8 Å². The summed E-state index contributed by atoms with van der Waals surface area (Å²) in [6.07, 6.45) is 3.31. The van der Waals surface area contributed by atoms with Gasteiger partial charge in [-0.05, 0) is 12.1 Å². The van der Waals surface area contributed by atoms with Crippen LogP contribution < -0.4 is 5.32 Å². The fourth-order valence-electron chi connectivity index (χ4n) is 2.88. The molecule has 0 saturated heterocycles. The molecule has 0 aliphatic heterocycles. The lowest BCUT2D eigenvalue weighted by atomic mass is 10.2. The van der Waals surface area contributed by atoms with Gasteiger partial charge in [0.05, 0.1) is 23.0 Å². The molecule has 0 atom stereocenters.